The van der Waals surface area contributed by atoms with Gasteiger partial charge in [0.1, 0.15) is 12.4 Å². The molecule has 160 valence electrons. The van der Waals surface area contributed by atoms with Gasteiger partial charge in [-0.15, -0.1) is 11.3 Å². The number of fused-ring (bicyclic) bond motifs is 2. The zero-order valence-electron chi connectivity index (χ0n) is 17.1. The van der Waals surface area contributed by atoms with Crippen LogP contribution in [0, 0.1) is 0 Å². The number of carboxylic acids is 1. The van der Waals surface area contributed by atoms with Crippen LogP contribution in [0.1, 0.15) is 22.4 Å². The van der Waals surface area contributed by atoms with Crippen LogP contribution in [0.4, 0.5) is 0 Å². The van der Waals surface area contributed by atoms with E-state index >= 15 is 0 Å². The molecule has 0 aliphatic carbocycles. The fraction of sp³-hybridized carbons (Fsp3) is 0.115. The second-order valence-electron chi connectivity index (χ2n) is 7.71. The van der Waals surface area contributed by atoms with Crippen molar-refractivity contribution in [3.05, 3.63) is 99.5 Å². The van der Waals surface area contributed by atoms with Crippen molar-refractivity contribution in [1.29, 1.82) is 0 Å². The highest BCUT2D eigenvalue weighted by Gasteiger charge is 2.17. The largest absolute Gasteiger partial charge is 0.489 e. The van der Waals surface area contributed by atoms with Gasteiger partial charge in [-0.2, -0.15) is 0 Å². The van der Waals surface area contributed by atoms with Crippen molar-refractivity contribution in [1.82, 2.24) is 4.98 Å². The van der Waals surface area contributed by atoms with Crippen molar-refractivity contribution in [2.75, 3.05) is 0 Å². The van der Waals surface area contributed by atoms with Gasteiger partial charge in [-0.1, -0.05) is 41.9 Å². The summed E-state index contributed by atoms with van der Waals surface area (Å²) < 4.78 is 7.12. The number of aromatic amines is 1. The van der Waals surface area contributed by atoms with E-state index in [2.05, 4.69) is 10.4 Å². The average molecular weight is 462 g/mol. The Hall–Kier alpha value is -3.28. The van der Waals surface area contributed by atoms with Crippen LogP contribution in [-0.4, -0.2) is 16.1 Å². The number of nitrogens with one attached hydrogen (secondary N) is 1. The molecule has 0 radical (unpaired) electrons. The summed E-state index contributed by atoms with van der Waals surface area (Å²) in [7, 11) is 0. The van der Waals surface area contributed by atoms with Crippen LogP contribution in [0.25, 0.3) is 21.0 Å². The van der Waals surface area contributed by atoms with E-state index in [1.54, 1.807) is 11.3 Å². The predicted molar refractivity (Wildman–Crippen MR) is 130 cm³/mol. The molecule has 0 unspecified atom stereocenters. The first kappa shape index (κ1) is 20.6. The zero-order chi connectivity index (χ0) is 22.1. The number of carboxylic acid groups (broad SMARTS) is 1. The van der Waals surface area contributed by atoms with Crippen molar-refractivity contribution in [2.45, 2.75) is 19.4 Å². The first-order valence-corrected chi connectivity index (χ1v) is 11.5. The lowest BCUT2D eigenvalue weighted by atomic mass is 10.0. The summed E-state index contributed by atoms with van der Waals surface area (Å²) in [5, 5.41) is 14.3. The molecule has 6 heteroatoms. The molecule has 5 rings (SSSR count). The van der Waals surface area contributed by atoms with E-state index in [9.17, 15) is 9.90 Å². The van der Waals surface area contributed by atoms with Gasteiger partial charge in [-0.3, -0.25) is 4.79 Å². The van der Waals surface area contributed by atoms with E-state index in [4.69, 9.17) is 16.3 Å². The van der Waals surface area contributed by atoms with Crippen molar-refractivity contribution in [2.24, 2.45) is 0 Å². The number of benzene rings is 3. The third-order valence-corrected chi connectivity index (χ3v) is 6.77. The Labute approximate surface area is 194 Å². The molecule has 32 heavy (non-hydrogen) atoms. The van der Waals surface area contributed by atoms with E-state index in [0.29, 0.717) is 18.1 Å². The number of halogens is 1. The number of aromatic nitrogens is 1. The molecular formula is C26H20ClNO3S. The van der Waals surface area contributed by atoms with Crippen LogP contribution in [0.15, 0.2) is 72.1 Å². The van der Waals surface area contributed by atoms with Crippen molar-refractivity contribution in [3.8, 4) is 5.75 Å². The highest BCUT2D eigenvalue weighted by atomic mass is 35.5. The summed E-state index contributed by atoms with van der Waals surface area (Å²) in [6, 6.07) is 21.6. The van der Waals surface area contributed by atoms with Crippen LogP contribution >= 0.6 is 22.9 Å². The molecule has 0 aliphatic heterocycles. The fourth-order valence-corrected chi connectivity index (χ4v) is 5.12. The van der Waals surface area contributed by atoms with Crippen LogP contribution in [0.5, 0.6) is 5.75 Å². The number of aliphatic carboxylic acids is 1. The highest BCUT2D eigenvalue weighted by molar-refractivity contribution is 7.17. The zero-order valence-corrected chi connectivity index (χ0v) is 18.7. The Kier molecular flexibility index (Phi) is 5.60. The molecule has 0 spiro atoms. The SMILES string of the molecule is O=C(O)Cc1c(Cc2csc3ccc(Cl)cc23)[nH]c2cc(OCc3ccccc3)ccc12. The summed E-state index contributed by atoms with van der Waals surface area (Å²) in [5.74, 6) is -0.112. The van der Waals surface area contributed by atoms with E-state index < -0.39 is 5.97 Å². The number of H-pyrrole nitrogens is 1. The number of carbonyl (C=O) groups is 1. The minimum atomic E-state index is -0.852. The predicted octanol–water partition coefficient (Wildman–Crippen LogP) is 6.83. The molecule has 3 aromatic carbocycles. The fourth-order valence-electron chi connectivity index (χ4n) is 4.01. The first-order valence-electron chi connectivity index (χ1n) is 10.2. The van der Waals surface area contributed by atoms with Crippen molar-refractivity contribution in [3.63, 3.8) is 0 Å². The molecule has 2 N–H and O–H groups in total. The number of rotatable bonds is 7. The minimum Gasteiger partial charge on any atom is -0.489 e. The highest BCUT2D eigenvalue weighted by Crippen LogP contribution is 2.33. The van der Waals surface area contributed by atoms with E-state index in [0.717, 1.165) is 49.1 Å². The second kappa shape index (κ2) is 8.69. The number of ether oxygens (including phenoxy) is 1. The smallest absolute Gasteiger partial charge is 0.307 e. The maximum Gasteiger partial charge on any atom is 0.307 e. The summed E-state index contributed by atoms with van der Waals surface area (Å²) >= 11 is 7.88. The summed E-state index contributed by atoms with van der Waals surface area (Å²) in [6.45, 7) is 0.476. The lowest BCUT2D eigenvalue weighted by molar-refractivity contribution is -0.136. The van der Waals surface area contributed by atoms with Crippen molar-refractivity contribution < 1.29 is 14.6 Å². The number of hydrogen-bond donors (Lipinski definition) is 2. The molecule has 4 nitrogen and oxygen atoms in total. The maximum atomic E-state index is 11.6. The molecule has 0 amide bonds. The maximum absolute atomic E-state index is 11.6. The molecule has 0 bridgehead atoms. The monoisotopic (exact) mass is 461 g/mol. The Morgan fingerprint density at radius 2 is 1.88 bits per heavy atom. The van der Waals surface area contributed by atoms with Gasteiger partial charge >= 0.3 is 5.97 Å². The molecule has 0 aliphatic rings. The molecule has 5 aromatic rings. The van der Waals surface area contributed by atoms with Gasteiger partial charge in [0.05, 0.1) is 6.42 Å². The van der Waals surface area contributed by atoms with E-state index in [1.165, 1.54) is 0 Å². The van der Waals surface area contributed by atoms with Gasteiger partial charge in [0, 0.05) is 38.8 Å². The Morgan fingerprint density at radius 3 is 2.69 bits per heavy atom. The van der Waals surface area contributed by atoms with Gasteiger partial charge in [0.15, 0.2) is 0 Å². The van der Waals surface area contributed by atoms with E-state index in [-0.39, 0.29) is 6.42 Å². The molecule has 0 saturated heterocycles. The third kappa shape index (κ3) is 4.22. The summed E-state index contributed by atoms with van der Waals surface area (Å²) in [6.07, 6.45) is 0.570. The Balaban J connectivity index is 1.49. The normalized spacial score (nSPS) is 11.3. The molecule has 2 aromatic heterocycles. The second-order valence-corrected chi connectivity index (χ2v) is 9.06. The van der Waals surface area contributed by atoms with Crippen molar-refractivity contribution >= 4 is 49.9 Å². The molecular weight excluding hydrogens is 442 g/mol. The third-order valence-electron chi connectivity index (χ3n) is 5.53. The Morgan fingerprint density at radius 1 is 1.03 bits per heavy atom. The summed E-state index contributed by atoms with van der Waals surface area (Å²) in [5.41, 5.74) is 4.81. The minimum absolute atomic E-state index is 0.0393. The molecule has 2 heterocycles. The van der Waals surface area contributed by atoms with Gasteiger partial charge in [0.2, 0.25) is 0 Å². The lowest BCUT2D eigenvalue weighted by Gasteiger charge is -2.06. The molecule has 0 saturated carbocycles. The standard InChI is InChI=1S/C26H20ClNO3S/c27-18-6-9-25-21(11-18)17(15-32-25)10-23-22(13-26(29)30)20-8-7-19(12-24(20)28-23)31-14-16-4-2-1-3-5-16/h1-9,11-12,15,28H,10,13-14H2,(H,29,30). The average Bonchev–Trinajstić information content (AvgIpc) is 3.33. The lowest BCUT2D eigenvalue weighted by Crippen LogP contribution is -2.03. The van der Waals surface area contributed by atoms with Gasteiger partial charge < -0.3 is 14.8 Å². The van der Waals surface area contributed by atoms with Crippen LogP contribution < -0.4 is 4.74 Å². The van der Waals surface area contributed by atoms with Gasteiger partial charge in [-0.25, -0.2) is 0 Å². The first-order chi connectivity index (χ1) is 15.6. The topological polar surface area (TPSA) is 62.3 Å². The van der Waals surface area contributed by atoms with E-state index in [1.807, 2.05) is 66.7 Å². The Bertz CT molecular complexity index is 1420. The molecule has 0 atom stereocenters. The van der Waals surface area contributed by atoms with Crippen LogP contribution in [0.3, 0.4) is 0 Å². The summed E-state index contributed by atoms with van der Waals surface area (Å²) in [4.78, 5) is 15.0. The van der Waals surface area contributed by atoms with Crippen LogP contribution in [-0.2, 0) is 24.2 Å². The van der Waals surface area contributed by atoms with Crippen LogP contribution in [0.2, 0.25) is 5.02 Å². The number of thiophene rings is 1. The molecule has 0 fully saturated rings. The quantitative estimate of drug-likeness (QED) is 0.279. The van der Waals surface area contributed by atoms with Gasteiger partial charge in [-0.05, 0) is 57.8 Å². The number of hydrogen-bond acceptors (Lipinski definition) is 3. The van der Waals surface area contributed by atoms with Gasteiger partial charge in [0.25, 0.3) is 0 Å².